The molecule has 0 aromatic rings. The van der Waals surface area contributed by atoms with Gasteiger partial charge in [-0.05, 0) is 19.8 Å². The van der Waals surface area contributed by atoms with Crippen molar-refractivity contribution in [3.8, 4) is 0 Å². The minimum absolute atomic E-state index is 0.00231. The van der Waals surface area contributed by atoms with Gasteiger partial charge in [-0.1, -0.05) is 13.8 Å². The van der Waals surface area contributed by atoms with Gasteiger partial charge in [-0.3, -0.25) is 0 Å². The summed E-state index contributed by atoms with van der Waals surface area (Å²) in [6.45, 7) is 6.97. The molecule has 3 N–H and O–H groups in total. The number of nitrogens with two attached hydrogens (primary N) is 1. The van der Waals surface area contributed by atoms with Crippen molar-refractivity contribution >= 4 is 5.97 Å². The summed E-state index contributed by atoms with van der Waals surface area (Å²) in [5.74, 6) is -0.414. The van der Waals surface area contributed by atoms with Crippen molar-refractivity contribution in [3.63, 3.8) is 0 Å². The molecule has 4 heteroatoms. The first-order chi connectivity index (χ1) is 6.36. The Hall–Kier alpha value is -1.03. The van der Waals surface area contributed by atoms with Gasteiger partial charge in [0.2, 0.25) is 0 Å². The molecule has 1 unspecified atom stereocenters. The van der Waals surface area contributed by atoms with E-state index < -0.39 is 12.1 Å². The predicted octanol–water partition coefficient (Wildman–Crippen LogP) is 0.799. The van der Waals surface area contributed by atoms with Crippen LogP contribution in [0.3, 0.4) is 0 Å². The Morgan fingerprint density at radius 1 is 1.43 bits per heavy atom. The van der Waals surface area contributed by atoms with Gasteiger partial charge in [0, 0.05) is 5.70 Å². The van der Waals surface area contributed by atoms with Gasteiger partial charge in [-0.2, -0.15) is 0 Å². The molecule has 0 aromatic carbocycles. The molecule has 0 amide bonds. The molecule has 1 atom stereocenters. The highest BCUT2D eigenvalue weighted by molar-refractivity contribution is 5.89. The Morgan fingerprint density at radius 3 is 2.21 bits per heavy atom. The summed E-state index contributed by atoms with van der Waals surface area (Å²) in [6.07, 6.45) is -0.648. The van der Waals surface area contributed by atoms with E-state index in [0.717, 1.165) is 0 Å². The molecule has 0 aliphatic heterocycles. The van der Waals surface area contributed by atoms with E-state index in [1.165, 1.54) is 0 Å². The maximum atomic E-state index is 11.5. The highest BCUT2D eigenvalue weighted by atomic mass is 16.5. The van der Waals surface area contributed by atoms with E-state index >= 15 is 0 Å². The predicted molar refractivity (Wildman–Crippen MR) is 54.4 cm³/mol. The van der Waals surface area contributed by atoms with Crippen molar-refractivity contribution in [2.45, 2.75) is 33.8 Å². The van der Waals surface area contributed by atoms with Crippen molar-refractivity contribution in [2.24, 2.45) is 11.7 Å². The molecular formula is C10H19NO3. The van der Waals surface area contributed by atoms with E-state index in [1.54, 1.807) is 13.8 Å². The maximum Gasteiger partial charge on any atom is 0.336 e. The van der Waals surface area contributed by atoms with E-state index in [0.29, 0.717) is 11.3 Å². The van der Waals surface area contributed by atoms with Gasteiger partial charge in [-0.15, -0.1) is 0 Å². The van der Waals surface area contributed by atoms with Crippen molar-refractivity contribution in [1.82, 2.24) is 0 Å². The summed E-state index contributed by atoms with van der Waals surface area (Å²) in [6, 6.07) is 0. The van der Waals surface area contributed by atoms with Crippen molar-refractivity contribution in [1.29, 1.82) is 0 Å². The Bertz CT molecular complexity index is 228. The third kappa shape index (κ3) is 4.28. The molecule has 0 spiro atoms. The Morgan fingerprint density at radius 2 is 1.93 bits per heavy atom. The van der Waals surface area contributed by atoms with Crippen LogP contribution < -0.4 is 5.73 Å². The number of rotatable bonds is 4. The molecule has 0 radical (unpaired) electrons. The first kappa shape index (κ1) is 13.0. The van der Waals surface area contributed by atoms with E-state index in [-0.39, 0.29) is 12.5 Å². The van der Waals surface area contributed by atoms with Gasteiger partial charge < -0.3 is 15.6 Å². The molecule has 0 rings (SSSR count). The number of carbonyl (C=O) groups is 1. The fraction of sp³-hybridized carbons (Fsp3) is 0.700. The first-order valence-electron chi connectivity index (χ1n) is 4.67. The van der Waals surface area contributed by atoms with Crippen LogP contribution in [0.4, 0.5) is 0 Å². The Balaban J connectivity index is 4.42. The van der Waals surface area contributed by atoms with Gasteiger partial charge in [-0.25, -0.2) is 4.79 Å². The number of carbonyl (C=O) groups excluding carboxylic acids is 1. The molecule has 0 aromatic heterocycles. The van der Waals surface area contributed by atoms with E-state index in [4.69, 9.17) is 15.6 Å². The standard InChI is InChI=1S/C10H19NO3/c1-6(2)9(8(4)11)10(13)14-5-7(3)12/h6-7,12H,5,11H2,1-4H3/b9-8+. The molecule has 82 valence electrons. The highest BCUT2D eigenvalue weighted by Gasteiger charge is 2.17. The second-order valence-corrected chi connectivity index (χ2v) is 3.70. The monoisotopic (exact) mass is 201 g/mol. The van der Waals surface area contributed by atoms with E-state index in [9.17, 15) is 4.79 Å². The van der Waals surface area contributed by atoms with Gasteiger partial charge in [0.25, 0.3) is 0 Å². The summed E-state index contributed by atoms with van der Waals surface area (Å²) < 4.78 is 4.86. The minimum Gasteiger partial charge on any atom is -0.460 e. The number of aliphatic hydroxyl groups excluding tert-OH is 1. The second-order valence-electron chi connectivity index (χ2n) is 3.70. The minimum atomic E-state index is -0.648. The quantitative estimate of drug-likeness (QED) is 0.521. The molecule has 14 heavy (non-hydrogen) atoms. The van der Waals surface area contributed by atoms with Crippen LogP contribution in [0.25, 0.3) is 0 Å². The average Bonchev–Trinajstić information content (AvgIpc) is 1.99. The Kier molecular flexibility index (Phi) is 5.23. The normalized spacial score (nSPS) is 15.0. The third-order valence-corrected chi connectivity index (χ3v) is 1.68. The van der Waals surface area contributed by atoms with Crippen molar-refractivity contribution in [3.05, 3.63) is 11.3 Å². The van der Waals surface area contributed by atoms with Crippen LogP contribution in [-0.4, -0.2) is 23.8 Å². The SMILES string of the molecule is C/C(N)=C(\C(=O)OCC(C)O)C(C)C. The average molecular weight is 201 g/mol. The van der Waals surface area contributed by atoms with Gasteiger partial charge >= 0.3 is 5.97 Å². The molecule has 0 aliphatic carbocycles. The first-order valence-corrected chi connectivity index (χ1v) is 4.67. The van der Waals surface area contributed by atoms with Crippen LogP contribution >= 0.6 is 0 Å². The zero-order chi connectivity index (χ0) is 11.3. The molecule has 0 aliphatic rings. The fourth-order valence-electron chi connectivity index (χ4n) is 1.13. The number of ether oxygens (including phenoxy) is 1. The third-order valence-electron chi connectivity index (χ3n) is 1.68. The lowest BCUT2D eigenvalue weighted by molar-refractivity contribution is -0.142. The molecule has 0 saturated carbocycles. The van der Waals surface area contributed by atoms with Crippen LogP contribution in [0.15, 0.2) is 11.3 Å². The lowest BCUT2D eigenvalue weighted by atomic mass is 10.0. The lowest BCUT2D eigenvalue weighted by Gasteiger charge is -2.13. The van der Waals surface area contributed by atoms with Crippen molar-refractivity contribution in [2.75, 3.05) is 6.61 Å². The molecular weight excluding hydrogens is 182 g/mol. The van der Waals surface area contributed by atoms with E-state index in [2.05, 4.69) is 0 Å². The number of hydrogen-bond acceptors (Lipinski definition) is 4. The number of esters is 1. The van der Waals surface area contributed by atoms with Crippen LogP contribution in [0.2, 0.25) is 0 Å². The smallest absolute Gasteiger partial charge is 0.336 e. The van der Waals surface area contributed by atoms with Gasteiger partial charge in [0.05, 0.1) is 11.7 Å². The van der Waals surface area contributed by atoms with Crippen LogP contribution in [0, 0.1) is 5.92 Å². The maximum absolute atomic E-state index is 11.5. The highest BCUT2D eigenvalue weighted by Crippen LogP contribution is 2.13. The lowest BCUT2D eigenvalue weighted by Crippen LogP contribution is -2.21. The fourth-order valence-corrected chi connectivity index (χ4v) is 1.13. The second kappa shape index (κ2) is 5.65. The molecule has 0 saturated heterocycles. The summed E-state index contributed by atoms with van der Waals surface area (Å²) >= 11 is 0. The van der Waals surface area contributed by atoms with Crippen LogP contribution in [0.1, 0.15) is 27.7 Å². The zero-order valence-electron chi connectivity index (χ0n) is 9.20. The molecule has 0 fully saturated rings. The largest absolute Gasteiger partial charge is 0.460 e. The van der Waals surface area contributed by atoms with Crippen LogP contribution in [0.5, 0.6) is 0 Å². The number of aliphatic hydroxyl groups is 1. The topological polar surface area (TPSA) is 72.6 Å². The van der Waals surface area contributed by atoms with Gasteiger partial charge in [0.1, 0.15) is 6.61 Å². The summed E-state index contributed by atoms with van der Waals surface area (Å²) in [7, 11) is 0. The Labute approximate surface area is 84.7 Å². The molecule has 4 nitrogen and oxygen atoms in total. The zero-order valence-corrected chi connectivity index (χ0v) is 9.20. The van der Waals surface area contributed by atoms with Gasteiger partial charge in [0.15, 0.2) is 0 Å². The molecule has 0 bridgehead atoms. The van der Waals surface area contributed by atoms with Crippen LogP contribution in [-0.2, 0) is 9.53 Å². The molecule has 0 heterocycles. The number of allylic oxidation sites excluding steroid dienone is 1. The van der Waals surface area contributed by atoms with Crippen molar-refractivity contribution < 1.29 is 14.6 Å². The number of hydrogen-bond donors (Lipinski definition) is 2. The summed E-state index contributed by atoms with van der Waals surface area (Å²) in [5.41, 5.74) is 6.51. The summed E-state index contributed by atoms with van der Waals surface area (Å²) in [4.78, 5) is 11.5. The van der Waals surface area contributed by atoms with E-state index in [1.807, 2.05) is 13.8 Å². The summed E-state index contributed by atoms with van der Waals surface area (Å²) in [5, 5.41) is 8.94.